The molecule has 48 heavy (non-hydrogen) atoms. The summed E-state index contributed by atoms with van der Waals surface area (Å²) in [5.74, 6) is 1.70. The molecule has 0 aromatic carbocycles. The summed E-state index contributed by atoms with van der Waals surface area (Å²) in [4.78, 5) is 51.9. The molecule has 5 rings (SSSR count). The first-order valence-electron chi connectivity index (χ1n) is 19.7. The van der Waals surface area contributed by atoms with E-state index in [1.54, 1.807) is 0 Å². The molecule has 0 spiro atoms. The molecule has 6 nitrogen and oxygen atoms in total. The average molecular weight is 666 g/mol. The number of unbranched alkanes of at least 4 members (excludes halogenated alkanes) is 7. The van der Waals surface area contributed by atoms with Gasteiger partial charge in [-0.2, -0.15) is 0 Å². The topological polar surface area (TPSA) is 89.5 Å². The van der Waals surface area contributed by atoms with Crippen molar-refractivity contribution in [2.75, 3.05) is 13.7 Å². The van der Waals surface area contributed by atoms with Crippen molar-refractivity contribution in [3.8, 4) is 0 Å². The summed E-state index contributed by atoms with van der Waals surface area (Å²) in [5.41, 5.74) is 0.346. The average Bonchev–Trinajstić information content (AvgIpc) is 3.44. The Morgan fingerprint density at radius 3 is 2.08 bits per heavy atom. The van der Waals surface area contributed by atoms with E-state index in [9.17, 15) is 19.2 Å². The van der Waals surface area contributed by atoms with E-state index in [1.807, 2.05) is 13.8 Å². The van der Waals surface area contributed by atoms with Gasteiger partial charge in [-0.3, -0.25) is 19.2 Å². The number of methoxy groups -OCH3 is 1. The molecule has 1 unspecified atom stereocenters. The molecule has 0 heterocycles. The number of carbonyl (C=O) groups excluding carboxylic acids is 4. The minimum Gasteiger partial charge on any atom is -0.469 e. The summed E-state index contributed by atoms with van der Waals surface area (Å²) in [7, 11) is 1.45. The van der Waals surface area contributed by atoms with Crippen LogP contribution in [0.4, 0.5) is 0 Å². The van der Waals surface area contributed by atoms with E-state index >= 15 is 0 Å². The molecule has 1 N–H and O–H groups in total. The summed E-state index contributed by atoms with van der Waals surface area (Å²) in [6.45, 7) is 19.0. The second-order valence-electron chi connectivity index (χ2n) is 18.4. The standard InChI is InChI=1S/C42H67NO5/c1-28(2)29-20-23-42(37(47)43-26-16-14-12-10-9-11-13-15-17-34(45)48-8)25-24-40(6)30(35(29)42)18-19-33-39(5)27-31(44)36(46)38(3,4)32(39)21-22-41(33,40)7/h29-30,32-33,35H,1,9-27H2,2-8H3,(H,43,47)/t29-,30+,32-,33?,35+,39-,40+,41+,42-/m0/s1. The molecule has 270 valence electrons. The normalized spacial score (nSPS) is 39.9. The smallest absolute Gasteiger partial charge is 0.305 e. The number of amides is 1. The van der Waals surface area contributed by atoms with Crippen LogP contribution in [-0.2, 0) is 23.9 Å². The van der Waals surface area contributed by atoms with Crippen LogP contribution in [0.25, 0.3) is 0 Å². The Labute approximate surface area is 291 Å². The molecule has 0 aromatic heterocycles. The number of nitrogens with one attached hydrogen (secondary N) is 1. The first kappa shape index (κ1) is 37.3. The minimum absolute atomic E-state index is 0.0735. The lowest BCUT2D eigenvalue weighted by Crippen LogP contribution is -2.68. The van der Waals surface area contributed by atoms with E-state index in [-0.39, 0.29) is 45.1 Å². The largest absolute Gasteiger partial charge is 0.469 e. The zero-order chi connectivity index (χ0) is 35.1. The van der Waals surface area contributed by atoms with Crippen LogP contribution in [0, 0.1) is 56.7 Å². The minimum atomic E-state index is -0.591. The maximum absolute atomic E-state index is 14.4. The van der Waals surface area contributed by atoms with Crippen LogP contribution in [-0.4, -0.2) is 37.1 Å². The van der Waals surface area contributed by atoms with Crippen LogP contribution < -0.4 is 5.32 Å². The van der Waals surface area contributed by atoms with Gasteiger partial charge < -0.3 is 10.1 Å². The number of carbonyl (C=O) groups is 4. The number of hydrogen-bond donors (Lipinski definition) is 1. The fourth-order valence-corrected chi connectivity index (χ4v) is 13.2. The second kappa shape index (κ2) is 14.0. The molecule has 5 saturated carbocycles. The van der Waals surface area contributed by atoms with Crippen LogP contribution in [0.1, 0.15) is 157 Å². The first-order valence-corrected chi connectivity index (χ1v) is 19.7. The second-order valence-corrected chi connectivity index (χ2v) is 18.4. The van der Waals surface area contributed by atoms with Crippen molar-refractivity contribution >= 4 is 23.4 Å². The van der Waals surface area contributed by atoms with Crippen LogP contribution in [0.5, 0.6) is 0 Å². The van der Waals surface area contributed by atoms with Gasteiger partial charge in [-0.15, -0.1) is 0 Å². The Hall–Kier alpha value is -1.98. The highest BCUT2D eigenvalue weighted by Crippen LogP contribution is 2.77. The summed E-state index contributed by atoms with van der Waals surface area (Å²) in [6.07, 6.45) is 18.2. The van der Waals surface area contributed by atoms with Crippen LogP contribution in [0.3, 0.4) is 0 Å². The molecule has 5 aliphatic rings. The predicted octanol–water partition coefficient (Wildman–Crippen LogP) is 9.19. The third kappa shape index (κ3) is 6.05. The fraction of sp³-hybridized carbons (Fsp3) is 0.857. The monoisotopic (exact) mass is 666 g/mol. The van der Waals surface area contributed by atoms with Gasteiger partial charge in [0.25, 0.3) is 0 Å². The molecule has 1 amide bonds. The van der Waals surface area contributed by atoms with Crippen molar-refractivity contribution in [3.63, 3.8) is 0 Å². The Kier molecular flexibility index (Phi) is 10.9. The predicted molar refractivity (Wildman–Crippen MR) is 191 cm³/mol. The molecule has 5 aliphatic carbocycles. The lowest BCUT2D eigenvalue weighted by Gasteiger charge is -2.72. The third-order valence-corrected chi connectivity index (χ3v) is 15.9. The third-order valence-electron chi connectivity index (χ3n) is 15.9. The SMILES string of the molecule is C=C(C)[C@@H]1CC[C@]2(C(=O)NCCCCCCCCCCC(=O)OC)CC[C@]3(C)[C@H](CCC4[C@@]5(C)CC(=O)C(=O)C(C)(C)[C@@H]5CC[C@]43C)[C@@H]12. The highest BCUT2D eigenvalue weighted by atomic mass is 16.5. The zero-order valence-corrected chi connectivity index (χ0v) is 31.6. The number of Topliss-reactive ketones (excluding diaryl/α,β-unsaturated/α-hetero) is 2. The molecular formula is C42H67NO5. The Morgan fingerprint density at radius 2 is 1.44 bits per heavy atom. The number of rotatable bonds is 13. The van der Waals surface area contributed by atoms with Gasteiger partial charge in [0.15, 0.2) is 5.78 Å². The van der Waals surface area contributed by atoms with Gasteiger partial charge in [0.2, 0.25) is 11.7 Å². The molecule has 0 bridgehead atoms. The van der Waals surface area contributed by atoms with Crippen molar-refractivity contribution in [1.82, 2.24) is 5.32 Å². The van der Waals surface area contributed by atoms with Crippen molar-refractivity contribution in [3.05, 3.63) is 12.2 Å². The molecule has 0 saturated heterocycles. The van der Waals surface area contributed by atoms with E-state index in [2.05, 4.69) is 39.6 Å². The Balaban J connectivity index is 1.23. The van der Waals surface area contributed by atoms with Gasteiger partial charge in [-0.05, 0) is 117 Å². The summed E-state index contributed by atoms with van der Waals surface area (Å²) >= 11 is 0. The fourth-order valence-electron chi connectivity index (χ4n) is 13.2. The highest BCUT2D eigenvalue weighted by molar-refractivity contribution is 6.39. The maximum atomic E-state index is 14.4. The molecule has 6 heteroatoms. The van der Waals surface area contributed by atoms with E-state index in [0.29, 0.717) is 42.4 Å². The molecule has 0 aromatic rings. The van der Waals surface area contributed by atoms with Gasteiger partial charge >= 0.3 is 5.97 Å². The van der Waals surface area contributed by atoms with E-state index < -0.39 is 5.41 Å². The summed E-state index contributed by atoms with van der Waals surface area (Å²) < 4.78 is 4.72. The number of allylic oxidation sites excluding steroid dienone is 1. The van der Waals surface area contributed by atoms with Crippen LogP contribution in [0.15, 0.2) is 12.2 Å². The summed E-state index contributed by atoms with van der Waals surface area (Å²) in [6, 6.07) is 0. The first-order chi connectivity index (χ1) is 22.6. The Morgan fingerprint density at radius 1 is 0.792 bits per heavy atom. The van der Waals surface area contributed by atoms with Gasteiger partial charge in [-0.25, -0.2) is 0 Å². The summed E-state index contributed by atoms with van der Waals surface area (Å²) in [5, 5.41) is 3.46. The van der Waals surface area contributed by atoms with Crippen molar-refractivity contribution < 1.29 is 23.9 Å². The quantitative estimate of drug-likeness (QED) is 0.0917. The number of hydrogen-bond acceptors (Lipinski definition) is 5. The molecule has 9 atom stereocenters. The Bertz CT molecular complexity index is 1270. The number of fused-ring (bicyclic) bond motifs is 7. The number of ether oxygens (including phenoxy) is 1. The van der Waals surface area contributed by atoms with Crippen LogP contribution in [0.2, 0.25) is 0 Å². The van der Waals surface area contributed by atoms with Crippen molar-refractivity contribution in [1.29, 1.82) is 0 Å². The van der Waals surface area contributed by atoms with Crippen molar-refractivity contribution in [2.24, 2.45) is 56.7 Å². The van der Waals surface area contributed by atoms with E-state index in [1.165, 1.54) is 31.9 Å². The van der Waals surface area contributed by atoms with Crippen LogP contribution >= 0.6 is 0 Å². The van der Waals surface area contributed by atoms with Gasteiger partial charge in [0.1, 0.15) is 0 Å². The van der Waals surface area contributed by atoms with Gasteiger partial charge in [0.05, 0.1) is 12.5 Å². The van der Waals surface area contributed by atoms with Gasteiger partial charge in [0, 0.05) is 24.8 Å². The molecule has 5 fully saturated rings. The number of esters is 1. The van der Waals surface area contributed by atoms with E-state index in [4.69, 9.17) is 4.74 Å². The zero-order valence-electron chi connectivity index (χ0n) is 31.6. The van der Waals surface area contributed by atoms with E-state index in [0.717, 1.165) is 90.0 Å². The molecule has 0 aliphatic heterocycles. The number of ketones is 2. The molecule has 0 radical (unpaired) electrons. The highest BCUT2D eigenvalue weighted by Gasteiger charge is 2.72. The molecular weight excluding hydrogens is 598 g/mol. The maximum Gasteiger partial charge on any atom is 0.305 e. The van der Waals surface area contributed by atoms with Crippen molar-refractivity contribution in [2.45, 2.75) is 157 Å². The lowest BCUT2D eigenvalue weighted by molar-refractivity contribution is -0.231. The lowest BCUT2D eigenvalue weighted by atomic mass is 9.32. The van der Waals surface area contributed by atoms with Gasteiger partial charge in [-0.1, -0.05) is 85.3 Å².